The summed E-state index contributed by atoms with van der Waals surface area (Å²) in [6.45, 7) is 1.88. The predicted molar refractivity (Wildman–Crippen MR) is 51.2 cm³/mol. The third-order valence-electron chi connectivity index (χ3n) is 2.43. The van der Waals surface area contributed by atoms with Gasteiger partial charge in [0, 0.05) is 5.92 Å². The zero-order valence-electron chi connectivity index (χ0n) is 6.29. The average Bonchev–Trinajstić information content (AvgIpc) is 2.36. The van der Waals surface area contributed by atoms with E-state index >= 15 is 0 Å². The highest BCUT2D eigenvalue weighted by Gasteiger charge is 2.34. The van der Waals surface area contributed by atoms with Crippen LogP contribution in [0, 0.1) is 5.92 Å². The molecule has 0 aromatic carbocycles. The molecule has 1 fully saturated rings. The molecule has 2 unspecified atom stereocenters. The van der Waals surface area contributed by atoms with Crippen molar-refractivity contribution < 1.29 is 9.46 Å². The summed E-state index contributed by atoms with van der Waals surface area (Å²) in [4.78, 5) is 8.79. The van der Waals surface area contributed by atoms with Gasteiger partial charge in [0.05, 0.1) is 0 Å². The lowest BCUT2D eigenvalue weighted by Crippen LogP contribution is -2.08. The van der Waals surface area contributed by atoms with E-state index in [2.05, 4.69) is 0 Å². The van der Waals surface area contributed by atoms with E-state index in [1.54, 1.807) is 0 Å². The van der Waals surface area contributed by atoms with E-state index in [-0.39, 0.29) is 23.0 Å². The molecular formula is C7H17AlO2P+. The van der Waals surface area contributed by atoms with E-state index in [0.29, 0.717) is 5.92 Å². The first-order valence-corrected chi connectivity index (χ1v) is 5.15. The molecule has 1 saturated carbocycles. The molecule has 11 heavy (non-hydrogen) atoms. The molecule has 4 heteroatoms. The molecule has 0 bridgehead atoms. The van der Waals surface area contributed by atoms with Crippen LogP contribution in [0.5, 0.6) is 0 Å². The third kappa shape index (κ3) is 3.22. The van der Waals surface area contributed by atoms with Crippen molar-refractivity contribution >= 4 is 25.4 Å². The first kappa shape index (κ1) is 11.6. The lowest BCUT2D eigenvalue weighted by Gasteiger charge is -2.04. The zero-order chi connectivity index (χ0) is 7.56. The van der Waals surface area contributed by atoms with E-state index in [1.165, 1.54) is 12.8 Å². The molecule has 2 nitrogen and oxygen atoms in total. The second-order valence-electron chi connectivity index (χ2n) is 3.09. The third-order valence-corrected chi connectivity index (χ3v) is 3.55. The minimum Gasteiger partial charge on any atom is -0.161 e. The first-order valence-electron chi connectivity index (χ1n) is 3.87. The van der Waals surface area contributed by atoms with Crippen LogP contribution in [-0.4, -0.2) is 27.9 Å². The predicted octanol–water partition coefficient (Wildman–Crippen LogP) is 1.12. The molecule has 0 aromatic rings. The van der Waals surface area contributed by atoms with Gasteiger partial charge >= 0.3 is 8.03 Å². The Morgan fingerprint density at radius 2 is 1.91 bits per heavy atom. The molecule has 0 heterocycles. The Bertz CT molecular complexity index is 134. The Labute approximate surface area is 79.4 Å². The quantitative estimate of drug-likeness (QED) is 0.524. The fraction of sp³-hybridized carbons (Fsp3) is 1.00. The van der Waals surface area contributed by atoms with Crippen LogP contribution in [0.3, 0.4) is 0 Å². The van der Waals surface area contributed by atoms with Crippen LogP contribution in [0.2, 0.25) is 0 Å². The van der Waals surface area contributed by atoms with Crippen molar-refractivity contribution in [3.63, 3.8) is 0 Å². The highest BCUT2D eigenvalue weighted by atomic mass is 31.1. The van der Waals surface area contributed by atoms with E-state index in [0.717, 1.165) is 12.8 Å². The largest absolute Gasteiger partial charge is 0.508 e. The van der Waals surface area contributed by atoms with Crippen LogP contribution < -0.4 is 0 Å². The summed E-state index contributed by atoms with van der Waals surface area (Å²) in [5.41, 5.74) is 0.0255. The van der Waals surface area contributed by atoms with Crippen LogP contribution >= 0.6 is 8.03 Å². The maximum Gasteiger partial charge on any atom is 0.508 e. The second-order valence-corrected chi connectivity index (χ2v) is 4.51. The summed E-state index contributed by atoms with van der Waals surface area (Å²) in [5, 5.41) is 0. The molecule has 0 aliphatic heterocycles. The van der Waals surface area contributed by atoms with Crippen LogP contribution in [0.25, 0.3) is 0 Å². The Hall–Kier alpha value is 0.592. The molecule has 0 radical (unpaired) electrons. The molecule has 1 rings (SSSR count). The maximum atomic E-state index is 10.6. The van der Waals surface area contributed by atoms with Crippen molar-refractivity contribution in [1.82, 2.24) is 0 Å². The fourth-order valence-corrected chi connectivity index (χ4v) is 2.28. The summed E-state index contributed by atoms with van der Waals surface area (Å²) in [6.07, 6.45) is 4.81. The maximum absolute atomic E-state index is 10.6. The van der Waals surface area contributed by atoms with Gasteiger partial charge in [-0.15, -0.1) is 0 Å². The average molecular weight is 191 g/mol. The van der Waals surface area contributed by atoms with Crippen molar-refractivity contribution in [2.75, 3.05) is 0 Å². The van der Waals surface area contributed by atoms with Gasteiger partial charge in [0.15, 0.2) is 23.0 Å². The van der Waals surface area contributed by atoms with Gasteiger partial charge in [-0.05, 0) is 24.3 Å². The van der Waals surface area contributed by atoms with E-state index in [4.69, 9.17) is 4.89 Å². The highest BCUT2D eigenvalue weighted by molar-refractivity contribution is 7.38. The van der Waals surface area contributed by atoms with Gasteiger partial charge in [-0.2, -0.15) is 4.89 Å². The molecule has 0 spiro atoms. The summed E-state index contributed by atoms with van der Waals surface area (Å²) in [6, 6.07) is 0. The minimum absolute atomic E-state index is 0. The van der Waals surface area contributed by atoms with Crippen molar-refractivity contribution in [2.45, 2.75) is 38.3 Å². The van der Waals surface area contributed by atoms with Crippen molar-refractivity contribution in [1.29, 1.82) is 0 Å². The van der Waals surface area contributed by atoms with Crippen molar-refractivity contribution in [3.05, 3.63) is 0 Å². The van der Waals surface area contributed by atoms with Gasteiger partial charge in [-0.25, -0.2) is 0 Å². The molecule has 0 amide bonds. The van der Waals surface area contributed by atoms with Gasteiger partial charge < -0.3 is 0 Å². The molecule has 0 aromatic heterocycles. The summed E-state index contributed by atoms with van der Waals surface area (Å²) in [7, 11) is -1.92. The molecule has 1 aliphatic rings. The van der Waals surface area contributed by atoms with Gasteiger partial charge in [-0.1, -0.05) is 12.8 Å². The lowest BCUT2D eigenvalue weighted by atomic mass is 10.1. The lowest BCUT2D eigenvalue weighted by molar-refractivity contribution is 0.450. The summed E-state index contributed by atoms with van der Waals surface area (Å²) < 4.78 is 10.6. The zero-order valence-corrected chi connectivity index (χ0v) is 7.18. The molecule has 1 aliphatic carbocycles. The van der Waals surface area contributed by atoms with Gasteiger partial charge in [0.25, 0.3) is 0 Å². The first-order chi connectivity index (χ1) is 4.72. The van der Waals surface area contributed by atoms with Gasteiger partial charge in [0.1, 0.15) is 0 Å². The molecule has 0 saturated heterocycles. The topological polar surface area (TPSA) is 37.3 Å². The van der Waals surface area contributed by atoms with Crippen LogP contribution in [0.1, 0.15) is 32.6 Å². The Morgan fingerprint density at radius 3 is 2.27 bits per heavy atom. The Morgan fingerprint density at radius 1 is 1.45 bits per heavy atom. The van der Waals surface area contributed by atoms with Gasteiger partial charge in [0.2, 0.25) is 0 Å². The molecule has 2 atom stereocenters. The second kappa shape index (κ2) is 5.28. The molecular weight excluding hydrogens is 174 g/mol. The smallest absolute Gasteiger partial charge is 0.161 e. The Kier molecular flexibility index (Phi) is 5.56. The highest BCUT2D eigenvalue weighted by Crippen LogP contribution is 2.38. The van der Waals surface area contributed by atoms with E-state index in [1.807, 2.05) is 6.92 Å². The minimum atomic E-state index is -1.92. The number of rotatable bonds is 2. The molecule has 1 N–H and O–H groups in total. The fourth-order valence-electron chi connectivity index (χ4n) is 1.62. The van der Waals surface area contributed by atoms with Gasteiger partial charge in [-0.3, -0.25) is 0 Å². The van der Waals surface area contributed by atoms with Crippen LogP contribution in [0.15, 0.2) is 0 Å². The van der Waals surface area contributed by atoms with E-state index < -0.39 is 8.03 Å². The van der Waals surface area contributed by atoms with Crippen molar-refractivity contribution in [2.24, 2.45) is 5.92 Å². The van der Waals surface area contributed by atoms with Crippen molar-refractivity contribution in [3.8, 4) is 0 Å². The standard InChI is InChI=1S/C7H13O2P.Al.3H/c1-6(10(8)9)7-4-2-3-5-7;;;;/h6-7H,2-5H2,1H3;;;;/p+1. The molecule has 64 valence electrons. The number of hydrogen-bond acceptors (Lipinski definition) is 1. The van der Waals surface area contributed by atoms with Crippen LogP contribution in [0.4, 0.5) is 0 Å². The Balaban J connectivity index is 0.000001000. The SMILES string of the molecule is CC(C1CCCC1)[P+](=O)O.[AlH3]. The normalized spacial score (nSPS) is 22.5. The number of hydrogen-bond donors (Lipinski definition) is 1. The monoisotopic (exact) mass is 191 g/mol. The summed E-state index contributed by atoms with van der Waals surface area (Å²) in [5.74, 6) is 0.522. The van der Waals surface area contributed by atoms with E-state index in [9.17, 15) is 4.57 Å². The van der Waals surface area contributed by atoms with Crippen LogP contribution in [-0.2, 0) is 4.57 Å². The summed E-state index contributed by atoms with van der Waals surface area (Å²) >= 11 is 0.